The number of nitrogens with zero attached hydrogens (tertiary/aromatic N) is 3. The molecule has 0 aliphatic heterocycles. The van der Waals surface area contributed by atoms with Gasteiger partial charge in [0.1, 0.15) is 0 Å². The second kappa shape index (κ2) is 16.7. The fraction of sp³-hybridized carbons (Fsp3) is 0.667. The molecule has 1 aromatic heterocycles. The Bertz CT molecular complexity index is 889. The van der Waals surface area contributed by atoms with E-state index < -0.39 is 12.1 Å². The van der Waals surface area contributed by atoms with Crippen LogP contribution in [-0.4, -0.2) is 57.8 Å². The Morgan fingerprint density at radius 3 is 2.17 bits per heavy atom. The molecule has 0 bridgehead atoms. The van der Waals surface area contributed by atoms with E-state index in [1.807, 2.05) is 18.2 Å². The van der Waals surface area contributed by atoms with E-state index in [-0.39, 0.29) is 11.3 Å². The van der Waals surface area contributed by atoms with Crippen molar-refractivity contribution in [3.05, 3.63) is 24.3 Å². The van der Waals surface area contributed by atoms with Gasteiger partial charge in [0, 0.05) is 24.9 Å². The summed E-state index contributed by atoms with van der Waals surface area (Å²) < 4.78 is 2.12. The van der Waals surface area contributed by atoms with Crippen molar-refractivity contribution in [2.45, 2.75) is 101 Å². The Hall–Kier alpha value is -2.00. The molecule has 0 saturated heterocycles. The highest BCUT2D eigenvalue weighted by atomic mass is 32.2. The van der Waals surface area contributed by atoms with Gasteiger partial charge in [0.05, 0.1) is 16.3 Å². The molecule has 7 nitrogen and oxygen atoms in total. The van der Waals surface area contributed by atoms with Crippen molar-refractivity contribution < 1.29 is 9.59 Å². The van der Waals surface area contributed by atoms with Crippen molar-refractivity contribution in [1.29, 1.82) is 0 Å². The van der Waals surface area contributed by atoms with Gasteiger partial charge in [-0.1, -0.05) is 89.6 Å². The number of primary amides is 2. The van der Waals surface area contributed by atoms with Gasteiger partial charge in [-0.05, 0) is 31.4 Å². The molecule has 2 unspecified atom stereocenters. The molecule has 2 aromatic rings. The first-order valence-electron chi connectivity index (χ1n) is 13.5. The quantitative estimate of drug-likeness (QED) is 0.161. The average molecular weight is 536 g/mol. The molecule has 202 valence electrons. The van der Waals surface area contributed by atoms with Crippen LogP contribution in [0.5, 0.6) is 0 Å². The molecule has 0 spiro atoms. The molecule has 9 heteroatoms. The first-order valence-corrected chi connectivity index (χ1v) is 15.2. The minimum atomic E-state index is -0.438. The number of rotatable bonds is 18. The maximum absolute atomic E-state index is 12.7. The average Bonchev–Trinajstić information content (AvgIpc) is 3.26. The molecule has 2 atom stereocenters. The Kier molecular flexibility index (Phi) is 14.0. The lowest BCUT2D eigenvalue weighted by Crippen LogP contribution is -2.55. The number of hydrogen-bond donors (Lipinski definition) is 2. The number of nitrogens with two attached hydrogens (primary N) is 2. The van der Waals surface area contributed by atoms with E-state index >= 15 is 0 Å². The largest absolute Gasteiger partial charge is 0.351 e. The second-order valence-corrected chi connectivity index (χ2v) is 11.9. The van der Waals surface area contributed by atoms with Gasteiger partial charge < -0.3 is 21.3 Å². The highest BCUT2D eigenvalue weighted by molar-refractivity contribution is 8.01. The van der Waals surface area contributed by atoms with Crippen LogP contribution in [0.3, 0.4) is 0 Å². The lowest BCUT2D eigenvalue weighted by molar-refractivity contribution is 0.148. The zero-order valence-electron chi connectivity index (χ0n) is 22.3. The van der Waals surface area contributed by atoms with Crippen molar-refractivity contribution >= 4 is 45.4 Å². The van der Waals surface area contributed by atoms with Gasteiger partial charge in [-0.15, -0.1) is 11.3 Å². The molecule has 0 aliphatic carbocycles. The van der Waals surface area contributed by atoms with Gasteiger partial charge in [-0.2, -0.15) is 0 Å². The first-order chi connectivity index (χ1) is 17.4. The molecule has 4 N–H and O–H groups in total. The number of para-hydroxylation sites is 1. The summed E-state index contributed by atoms with van der Waals surface area (Å²) >= 11 is 3.37. The zero-order valence-corrected chi connectivity index (χ0v) is 23.9. The third-order valence-corrected chi connectivity index (χ3v) is 8.98. The summed E-state index contributed by atoms with van der Waals surface area (Å²) in [4.78, 5) is 33.5. The number of urea groups is 2. The van der Waals surface area contributed by atoms with Crippen LogP contribution in [-0.2, 0) is 0 Å². The van der Waals surface area contributed by atoms with Gasteiger partial charge in [0.15, 0.2) is 4.34 Å². The maximum atomic E-state index is 12.7. The number of fused-ring (bicyclic) bond motifs is 1. The molecule has 2 rings (SSSR count). The number of benzene rings is 1. The molecular formula is C27H45N5O2S2. The third-order valence-electron chi connectivity index (χ3n) is 6.47. The van der Waals surface area contributed by atoms with Gasteiger partial charge >= 0.3 is 12.1 Å². The van der Waals surface area contributed by atoms with Crippen molar-refractivity contribution in [1.82, 2.24) is 14.8 Å². The van der Waals surface area contributed by atoms with E-state index in [0.29, 0.717) is 19.6 Å². The predicted octanol–water partition coefficient (Wildman–Crippen LogP) is 6.85. The number of thioether (sulfide) groups is 1. The normalized spacial score (nSPS) is 13.0. The van der Waals surface area contributed by atoms with Crippen molar-refractivity contribution in [2.24, 2.45) is 11.5 Å². The number of carbonyl (C=O) groups is 2. The number of hydrogen-bond acceptors (Lipinski definition) is 5. The Balaban J connectivity index is 2.32. The van der Waals surface area contributed by atoms with Crippen molar-refractivity contribution in [3.63, 3.8) is 0 Å². The molecule has 0 aliphatic rings. The van der Waals surface area contributed by atoms with E-state index in [1.165, 1.54) is 0 Å². The molecule has 1 heterocycles. The van der Waals surface area contributed by atoms with Crippen molar-refractivity contribution in [2.75, 3.05) is 19.6 Å². The smallest absolute Gasteiger partial charge is 0.315 e. The summed E-state index contributed by atoms with van der Waals surface area (Å²) in [5.74, 6) is 0. The number of unbranched alkanes of at least 4 members (excludes halogenated alkanes) is 6. The van der Waals surface area contributed by atoms with E-state index in [9.17, 15) is 9.59 Å². The second-order valence-electron chi connectivity index (χ2n) is 9.40. The fourth-order valence-corrected chi connectivity index (χ4v) is 7.14. The zero-order chi connectivity index (χ0) is 26.3. The van der Waals surface area contributed by atoms with Crippen LogP contribution in [0.4, 0.5) is 9.59 Å². The Labute approximate surface area is 225 Å². The van der Waals surface area contributed by atoms with Crippen LogP contribution in [0.2, 0.25) is 0 Å². The number of carbonyl (C=O) groups excluding carboxylic acids is 2. The minimum absolute atomic E-state index is 0.0479. The van der Waals surface area contributed by atoms with Crippen LogP contribution >= 0.6 is 23.1 Å². The number of thiazole rings is 1. The lowest BCUT2D eigenvalue weighted by Gasteiger charge is -2.38. The summed E-state index contributed by atoms with van der Waals surface area (Å²) in [5.41, 5.74) is 12.8. The van der Waals surface area contributed by atoms with Crippen LogP contribution in [0.25, 0.3) is 10.2 Å². The standard InChI is InChI=1S/C27H45N5O2S2/c1-4-7-9-13-18-31(25(28)33)20-22(32(26(29)34)19-14-10-8-5-2)24(15-6-3)36-27-30-21-16-11-12-17-23(21)35-27/h11-12,16-17,22,24H,4-10,13-15,18-20H2,1-3H3,(H2,28,33)(H2,29,34). The third kappa shape index (κ3) is 9.81. The van der Waals surface area contributed by atoms with E-state index in [4.69, 9.17) is 16.5 Å². The lowest BCUT2D eigenvalue weighted by atomic mass is 10.1. The van der Waals surface area contributed by atoms with Gasteiger partial charge in [0.2, 0.25) is 0 Å². The number of aromatic nitrogens is 1. The molecule has 0 radical (unpaired) electrons. The highest BCUT2D eigenvalue weighted by Gasteiger charge is 2.33. The molecular weight excluding hydrogens is 490 g/mol. The first kappa shape index (κ1) is 30.2. The van der Waals surface area contributed by atoms with E-state index in [1.54, 1.807) is 32.9 Å². The summed E-state index contributed by atoms with van der Waals surface area (Å²) in [6, 6.07) is 7.02. The Morgan fingerprint density at radius 2 is 1.58 bits per heavy atom. The van der Waals surface area contributed by atoms with Crippen LogP contribution in [0.1, 0.15) is 85.0 Å². The SMILES string of the molecule is CCCCCCN(CC(C(CCC)Sc1nc2ccccc2s1)N(CCCCCC)C(N)=O)C(N)=O. The number of amides is 4. The fourth-order valence-electron chi connectivity index (χ4n) is 4.46. The van der Waals surface area contributed by atoms with Crippen LogP contribution < -0.4 is 11.5 Å². The monoisotopic (exact) mass is 535 g/mol. The maximum Gasteiger partial charge on any atom is 0.315 e. The van der Waals surface area contributed by atoms with Crippen molar-refractivity contribution in [3.8, 4) is 0 Å². The van der Waals surface area contributed by atoms with E-state index in [2.05, 4.69) is 26.8 Å². The Morgan fingerprint density at radius 1 is 0.917 bits per heavy atom. The van der Waals surface area contributed by atoms with E-state index in [0.717, 1.165) is 78.8 Å². The molecule has 36 heavy (non-hydrogen) atoms. The summed E-state index contributed by atoms with van der Waals surface area (Å²) in [7, 11) is 0. The highest BCUT2D eigenvalue weighted by Crippen LogP contribution is 2.36. The van der Waals surface area contributed by atoms with Gasteiger partial charge in [-0.3, -0.25) is 0 Å². The molecule has 1 aromatic carbocycles. The van der Waals surface area contributed by atoms with Crippen LogP contribution in [0, 0.1) is 0 Å². The topological polar surface area (TPSA) is 106 Å². The summed E-state index contributed by atoms with van der Waals surface area (Å²) in [5, 5.41) is 0.0479. The predicted molar refractivity (Wildman–Crippen MR) is 154 cm³/mol. The minimum Gasteiger partial charge on any atom is -0.351 e. The molecule has 4 amide bonds. The summed E-state index contributed by atoms with van der Waals surface area (Å²) in [6.45, 7) is 8.06. The van der Waals surface area contributed by atoms with Crippen LogP contribution in [0.15, 0.2) is 28.6 Å². The molecule has 0 saturated carbocycles. The molecule has 0 fully saturated rings. The van der Waals surface area contributed by atoms with Gasteiger partial charge in [-0.25, -0.2) is 14.6 Å². The van der Waals surface area contributed by atoms with Gasteiger partial charge in [0.25, 0.3) is 0 Å². The summed E-state index contributed by atoms with van der Waals surface area (Å²) in [6.07, 6.45) is 10.2.